The van der Waals surface area contributed by atoms with E-state index < -0.39 is 22.8 Å². The smallest absolute Gasteiger partial charge is 0.328 e. The molecule has 0 aliphatic heterocycles. The fraction of sp³-hybridized carbons (Fsp3) is 0.176. The molecular weight excluding hydrogens is 428 g/mol. The Balaban J connectivity index is 2.23. The number of nitro groups is 1. The maximum atomic E-state index is 12.4. The van der Waals surface area contributed by atoms with Gasteiger partial charge in [-0.05, 0) is 29.8 Å². The van der Waals surface area contributed by atoms with Crippen LogP contribution in [-0.4, -0.2) is 30.0 Å². The van der Waals surface area contributed by atoms with Crippen LogP contribution < -0.4 is 5.32 Å². The highest BCUT2D eigenvalue weighted by Gasteiger charge is 2.24. The van der Waals surface area contributed by atoms with Crippen molar-refractivity contribution in [3.63, 3.8) is 0 Å². The van der Waals surface area contributed by atoms with E-state index >= 15 is 0 Å². The van der Waals surface area contributed by atoms with Crippen molar-refractivity contribution in [2.75, 3.05) is 7.11 Å². The van der Waals surface area contributed by atoms with Crippen LogP contribution in [0.3, 0.4) is 0 Å². The zero-order valence-corrected chi connectivity index (χ0v) is 15.9. The number of methoxy groups -OCH3 is 1. The number of non-ortho nitro benzene ring substituents is 1. The van der Waals surface area contributed by atoms with Crippen molar-refractivity contribution < 1.29 is 19.2 Å². The molecule has 2 rings (SSSR count). The maximum absolute atomic E-state index is 12.4. The zero-order chi connectivity index (χ0) is 19.3. The molecule has 2 aromatic carbocycles. The Morgan fingerprint density at radius 3 is 2.69 bits per heavy atom. The molecule has 0 radical (unpaired) electrons. The van der Waals surface area contributed by atoms with Crippen molar-refractivity contribution in [2.45, 2.75) is 12.5 Å². The third kappa shape index (κ3) is 5.03. The summed E-state index contributed by atoms with van der Waals surface area (Å²) in [7, 11) is 1.21. The van der Waals surface area contributed by atoms with Crippen LogP contribution in [0.25, 0.3) is 0 Å². The van der Waals surface area contributed by atoms with Gasteiger partial charge in [0.05, 0.1) is 12.0 Å². The number of nitro benzene ring substituents is 1. The minimum Gasteiger partial charge on any atom is -0.467 e. The van der Waals surface area contributed by atoms with Gasteiger partial charge < -0.3 is 10.1 Å². The molecule has 7 nitrogen and oxygen atoms in total. The molecule has 0 spiro atoms. The van der Waals surface area contributed by atoms with E-state index in [1.54, 1.807) is 18.2 Å². The highest BCUT2D eigenvalue weighted by molar-refractivity contribution is 9.10. The van der Waals surface area contributed by atoms with Crippen molar-refractivity contribution in [1.82, 2.24) is 5.32 Å². The molecule has 1 atom stereocenters. The molecule has 0 heterocycles. The number of hydrogen-bond donors (Lipinski definition) is 1. The average molecular weight is 442 g/mol. The van der Waals surface area contributed by atoms with E-state index in [1.807, 2.05) is 0 Å². The molecule has 2 aromatic rings. The topological polar surface area (TPSA) is 98.5 Å². The first-order valence-corrected chi connectivity index (χ1v) is 8.56. The first-order valence-electron chi connectivity index (χ1n) is 7.39. The molecule has 1 amide bonds. The third-order valence-corrected chi connectivity index (χ3v) is 4.55. The summed E-state index contributed by atoms with van der Waals surface area (Å²) in [6.45, 7) is 0. The highest BCUT2D eigenvalue weighted by atomic mass is 79.9. The highest BCUT2D eigenvalue weighted by Crippen LogP contribution is 2.23. The van der Waals surface area contributed by atoms with Crippen LogP contribution in [0.1, 0.15) is 15.9 Å². The monoisotopic (exact) mass is 440 g/mol. The lowest BCUT2D eigenvalue weighted by atomic mass is 10.1. The van der Waals surface area contributed by atoms with Crippen molar-refractivity contribution >= 4 is 45.1 Å². The van der Waals surface area contributed by atoms with Gasteiger partial charge in [0.15, 0.2) is 0 Å². The van der Waals surface area contributed by atoms with E-state index in [1.165, 1.54) is 25.3 Å². The second-order valence-corrected chi connectivity index (χ2v) is 6.59. The Morgan fingerprint density at radius 1 is 1.31 bits per heavy atom. The first kappa shape index (κ1) is 19.9. The lowest BCUT2D eigenvalue weighted by Gasteiger charge is -2.17. The van der Waals surface area contributed by atoms with Gasteiger partial charge in [0.2, 0.25) is 0 Å². The van der Waals surface area contributed by atoms with Crippen molar-refractivity contribution in [2.24, 2.45) is 0 Å². The second kappa shape index (κ2) is 8.77. The van der Waals surface area contributed by atoms with Crippen LogP contribution in [-0.2, 0) is 16.0 Å². The standard InChI is InChI=1S/C17H14BrClN2O5/c1-26-17(23)15(9-11-7-12(19)5-6-14(11)18)20-16(22)10-3-2-4-13(8-10)21(24)25/h2-8,15H,9H2,1H3,(H,20,22)/t15-/m1/s1. The van der Waals surface area contributed by atoms with Crippen LogP contribution >= 0.6 is 27.5 Å². The molecular formula is C17H14BrClN2O5. The number of esters is 1. The summed E-state index contributed by atoms with van der Waals surface area (Å²) in [5.74, 6) is -1.27. The fourth-order valence-electron chi connectivity index (χ4n) is 2.26. The minimum absolute atomic E-state index is 0.0678. The SMILES string of the molecule is COC(=O)[C@@H](Cc1cc(Cl)ccc1Br)NC(=O)c1cccc([N+](=O)[O-])c1. The van der Waals surface area contributed by atoms with Gasteiger partial charge in [-0.3, -0.25) is 14.9 Å². The van der Waals surface area contributed by atoms with Crippen LogP contribution in [0, 0.1) is 10.1 Å². The number of carbonyl (C=O) groups excluding carboxylic acids is 2. The fourth-order valence-corrected chi connectivity index (χ4v) is 2.86. The van der Waals surface area contributed by atoms with Crippen LogP contribution in [0.5, 0.6) is 0 Å². The number of benzene rings is 2. The largest absolute Gasteiger partial charge is 0.467 e. The molecule has 0 aliphatic rings. The number of rotatable bonds is 6. The molecule has 0 fully saturated rings. The van der Waals surface area contributed by atoms with Crippen LogP contribution in [0.15, 0.2) is 46.9 Å². The van der Waals surface area contributed by atoms with E-state index in [2.05, 4.69) is 21.2 Å². The molecule has 0 saturated heterocycles. The second-order valence-electron chi connectivity index (χ2n) is 5.30. The van der Waals surface area contributed by atoms with E-state index in [-0.39, 0.29) is 17.7 Å². The summed E-state index contributed by atoms with van der Waals surface area (Å²) >= 11 is 9.34. The van der Waals surface area contributed by atoms with Crippen LogP contribution in [0.4, 0.5) is 5.69 Å². The molecule has 0 unspecified atom stereocenters. The van der Waals surface area contributed by atoms with Gasteiger partial charge in [-0.2, -0.15) is 0 Å². The van der Waals surface area contributed by atoms with Gasteiger partial charge >= 0.3 is 5.97 Å². The van der Waals surface area contributed by atoms with Crippen molar-refractivity contribution in [3.05, 3.63) is 73.2 Å². The normalized spacial score (nSPS) is 11.5. The predicted molar refractivity (Wildman–Crippen MR) is 99.2 cm³/mol. The molecule has 0 aromatic heterocycles. The predicted octanol–water partition coefficient (Wildman–Crippen LogP) is 3.52. The van der Waals surface area contributed by atoms with Crippen LogP contribution in [0.2, 0.25) is 5.02 Å². The number of halogens is 2. The molecule has 9 heteroatoms. The minimum atomic E-state index is -0.985. The Hall–Kier alpha value is -2.45. The van der Waals surface area contributed by atoms with E-state index in [9.17, 15) is 19.7 Å². The summed E-state index contributed by atoms with van der Waals surface area (Å²) in [5.41, 5.74) is 0.551. The first-order chi connectivity index (χ1) is 12.3. The van der Waals surface area contributed by atoms with Gasteiger partial charge in [-0.15, -0.1) is 0 Å². The Morgan fingerprint density at radius 2 is 2.04 bits per heavy atom. The van der Waals surface area contributed by atoms with Gasteiger partial charge in [-0.1, -0.05) is 33.6 Å². The molecule has 0 aliphatic carbocycles. The number of nitrogens with one attached hydrogen (secondary N) is 1. The number of ether oxygens (including phenoxy) is 1. The Kier molecular flexibility index (Phi) is 6.70. The lowest BCUT2D eigenvalue weighted by molar-refractivity contribution is -0.384. The van der Waals surface area contributed by atoms with Gasteiger partial charge in [0.25, 0.3) is 11.6 Å². The third-order valence-electron chi connectivity index (χ3n) is 3.54. The summed E-state index contributed by atoms with van der Waals surface area (Å²) in [4.78, 5) is 34.7. The van der Waals surface area contributed by atoms with E-state index in [0.29, 0.717) is 10.6 Å². The van der Waals surface area contributed by atoms with Crippen molar-refractivity contribution in [3.8, 4) is 0 Å². The van der Waals surface area contributed by atoms with Gasteiger partial charge in [0, 0.05) is 33.6 Å². The van der Waals surface area contributed by atoms with Crippen molar-refractivity contribution in [1.29, 1.82) is 0 Å². The van der Waals surface area contributed by atoms with Gasteiger partial charge in [0.1, 0.15) is 6.04 Å². The summed E-state index contributed by atoms with van der Waals surface area (Å²) in [5, 5.41) is 13.9. The molecule has 0 saturated carbocycles. The molecule has 26 heavy (non-hydrogen) atoms. The van der Waals surface area contributed by atoms with E-state index in [0.717, 1.165) is 10.5 Å². The average Bonchev–Trinajstić information content (AvgIpc) is 2.63. The number of carbonyl (C=O) groups is 2. The van der Waals surface area contributed by atoms with Gasteiger partial charge in [-0.25, -0.2) is 4.79 Å². The quantitative estimate of drug-likeness (QED) is 0.420. The number of amides is 1. The lowest BCUT2D eigenvalue weighted by Crippen LogP contribution is -2.43. The Bertz CT molecular complexity index is 859. The Labute approximate surface area is 162 Å². The van der Waals surface area contributed by atoms with E-state index in [4.69, 9.17) is 16.3 Å². The summed E-state index contributed by atoms with van der Waals surface area (Å²) in [6.07, 6.45) is 0.133. The zero-order valence-electron chi connectivity index (χ0n) is 13.6. The summed E-state index contributed by atoms with van der Waals surface area (Å²) < 4.78 is 5.47. The summed E-state index contributed by atoms with van der Waals surface area (Å²) in [6, 6.07) is 9.33. The molecule has 136 valence electrons. The maximum Gasteiger partial charge on any atom is 0.328 e. The number of nitrogens with zero attached hydrogens (tertiary/aromatic N) is 1. The molecule has 1 N–H and O–H groups in total. The molecule has 0 bridgehead atoms. The number of hydrogen-bond acceptors (Lipinski definition) is 5.